The number of carbonyl (C=O) groups excluding carboxylic acids is 1. The first-order valence-electron chi connectivity index (χ1n) is 9.08. The molecule has 26 heavy (non-hydrogen) atoms. The predicted octanol–water partition coefficient (Wildman–Crippen LogP) is 5.04. The number of fused-ring (bicyclic) bond motifs is 2. The van der Waals surface area contributed by atoms with E-state index in [-0.39, 0.29) is 18.2 Å². The molecule has 1 aromatic heterocycles. The summed E-state index contributed by atoms with van der Waals surface area (Å²) in [6.45, 7) is 3.52. The summed E-state index contributed by atoms with van der Waals surface area (Å²) < 4.78 is 5.10. The normalized spacial score (nSPS) is 21.7. The summed E-state index contributed by atoms with van der Waals surface area (Å²) >= 11 is 0. The highest BCUT2D eigenvalue weighted by atomic mass is 16.5. The van der Waals surface area contributed by atoms with Crippen LogP contribution in [0, 0.1) is 0 Å². The van der Waals surface area contributed by atoms with Crippen molar-refractivity contribution >= 4 is 11.7 Å². The SMILES string of the molecule is C=COC(=O)N1[C@@H]2CCC=C(c3cncc(-c4ccccc4)c3)[C@H]1CC2. The maximum atomic E-state index is 12.5. The number of ether oxygens (including phenoxy) is 1. The lowest BCUT2D eigenvalue weighted by atomic mass is 9.93. The van der Waals surface area contributed by atoms with Crippen molar-refractivity contribution in [2.45, 2.75) is 37.8 Å². The maximum Gasteiger partial charge on any atom is 0.415 e. The maximum absolute atomic E-state index is 12.5. The largest absolute Gasteiger partial charge is 0.419 e. The Hall–Kier alpha value is -2.88. The summed E-state index contributed by atoms with van der Waals surface area (Å²) in [6.07, 6.45) is 10.9. The standard InChI is InChI=1S/C22H22N2O2/c1-2-26-22(25)24-19-9-6-10-20(21(24)12-11-19)18-13-17(14-23-15-18)16-7-4-3-5-8-16/h2-5,7-8,10,13-15,19,21H,1,6,9,11-12H2/t19-,21-/m1/s1. The van der Waals surface area contributed by atoms with E-state index in [0.717, 1.165) is 42.4 Å². The Morgan fingerprint density at radius 1 is 1.12 bits per heavy atom. The lowest BCUT2D eigenvalue weighted by molar-refractivity contribution is 0.123. The summed E-state index contributed by atoms with van der Waals surface area (Å²) in [6, 6.07) is 12.7. The van der Waals surface area contributed by atoms with E-state index in [1.54, 1.807) is 0 Å². The van der Waals surface area contributed by atoms with Crippen LogP contribution in [-0.2, 0) is 4.74 Å². The van der Waals surface area contributed by atoms with Crippen LogP contribution in [0.5, 0.6) is 0 Å². The molecule has 0 saturated carbocycles. The van der Waals surface area contributed by atoms with E-state index in [4.69, 9.17) is 4.74 Å². The van der Waals surface area contributed by atoms with Crippen molar-refractivity contribution in [2.24, 2.45) is 0 Å². The molecule has 4 heteroatoms. The Morgan fingerprint density at radius 3 is 2.73 bits per heavy atom. The zero-order chi connectivity index (χ0) is 17.9. The molecular formula is C22H22N2O2. The first-order chi connectivity index (χ1) is 12.8. The van der Waals surface area contributed by atoms with Gasteiger partial charge in [0.05, 0.1) is 12.3 Å². The number of aromatic nitrogens is 1. The number of allylic oxidation sites excluding steroid dienone is 1. The monoisotopic (exact) mass is 346 g/mol. The second-order valence-electron chi connectivity index (χ2n) is 6.77. The van der Waals surface area contributed by atoms with Crippen LogP contribution in [0.1, 0.15) is 31.2 Å². The van der Waals surface area contributed by atoms with Crippen LogP contribution in [0.2, 0.25) is 0 Å². The first-order valence-corrected chi connectivity index (χ1v) is 9.08. The summed E-state index contributed by atoms with van der Waals surface area (Å²) in [7, 11) is 0. The molecule has 0 aliphatic carbocycles. The summed E-state index contributed by atoms with van der Waals surface area (Å²) in [5, 5.41) is 0. The van der Waals surface area contributed by atoms with Gasteiger partial charge < -0.3 is 4.74 Å². The minimum Gasteiger partial charge on any atom is -0.419 e. The number of rotatable bonds is 3. The second kappa shape index (κ2) is 7.16. The number of carbonyl (C=O) groups is 1. The molecule has 2 aliphatic rings. The Labute approximate surface area is 153 Å². The van der Waals surface area contributed by atoms with Crippen molar-refractivity contribution < 1.29 is 9.53 Å². The molecule has 2 atom stereocenters. The number of pyridine rings is 1. The number of nitrogens with zero attached hydrogens (tertiary/aromatic N) is 2. The third-order valence-electron chi connectivity index (χ3n) is 5.30. The molecule has 4 rings (SSSR count). The quantitative estimate of drug-likeness (QED) is 0.731. The molecule has 0 radical (unpaired) electrons. The van der Waals surface area contributed by atoms with Crippen LogP contribution in [-0.4, -0.2) is 28.1 Å². The summed E-state index contributed by atoms with van der Waals surface area (Å²) in [5.74, 6) is 0. The van der Waals surface area contributed by atoms with E-state index >= 15 is 0 Å². The van der Waals surface area contributed by atoms with Crippen LogP contribution >= 0.6 is 0 Å². The summed E-state index contributed by atoms with van der Waals surface area (Å²) in [5.41, 5.74) is 4.48. The van der Waals surface area contributed by atoms with Crippen molar-refractivity contribution in [1.82, 2.24) is 9.88 Å². The van der Waals surface area contributed by atoms with Crippen LogP contribution < -0.4 is 0 Å². The van der Waals surface area contributed by atoms with Crippen LogP contribution in [0.25, 0.3) is 16.7 Å². The van der Waals surface area contributed by atoms with Crippen molar-refractivity contribution in [2.75, 3.05) is 0 Å². The molecule has 2 aromatic rings. The summed E-state index contributed by atoms with van der Waals surface area (Å²) in [4.78, 5) is 18.8. The molecular weight excluding hydrogens is 324 g/mol. The highest BCUT2D eigenvalue weighted by Gasteiger charge is 2.41. The first kappa shape index (κ1) is 16.6. The smallest absolute Gasteiger partial charge is 0.415 e. The van der Waals surface area contributed by atoms with Crippen molar-refractivity contribution in [1.29, 1.82) is 0 Å². The zero-order valence-electron chi connectivity index (χ0n) is 14.7. The fraction of sp³-hybridized carbons (Fsp3) is 0.273. The molecule has 1 fully saturated rings. The number of hydrogen-bond acceptors (Lipinski definition) is 3. The molecule has 132 valence electrons. The van der Waals surface area contributed by atoms with Gasteiger partial charge in [-0.05, 0) is 48.4 Å². The minimum absolute atomic E-state index is 0.0442. The van der Waals surface area contributed by atoms with Crippen molar-refractivity contribution in [3.05, 3.63) is 73.3 Å². The third-order valence-corrected chi connectivity index (χ3v) is 5.30. The lowest BCUT2D eigenvalue weighted by Crippen LogP contribution is -2.40. The van der Waals surface area contributed by atoms with Crippen LogP contribution in [0.4, 0.5) is 4.79 Å². The molecule has 3 heterocycles. The average Bonchev–Trinajstić information content (AvgIpc) is 2.99. The minimum atomic E-state index is -0.299. The zero-order valence-corrected chi connectivity index (χ0v) is 14.7. The van der Waals surface area contributed by atoms with E-state index in [0.29, 0.717) is 0 Å². The van der Waals surface area contributed by atoms with E-state index in [1.165, 1.54) is 11.8 Å². The van der Waals surface area contributed by atoms with Gasteiger partial charge in [0.15, 0.2) is 0 Å². The Bertz CT molecular complexity index is 844. The number of benzene rings is 1. The Kier molecular flexibility index (Phi) is 4.57. The molecule has 1 amide bonds. The third kappa shape index (κ3) is 3.03. The molecule has 0 N–H and O–H groups in total. The highest BCUT2D eigenvalue weighted by Crippen LogP contribution is 2.39. The molecule has 1 saturated heterocycles. The molecule has 2 bridgehead atoms. The van der Waals surface area contributed by atoms with Gasteiger partial charge in [0, 0.05) is 24.0 Å². The van der Waals surface area contributed by atoms with Gasteiger partial charge >= 0.3 is 6.09 Å². The van der Waals surface area contributed by atoms with E-state index in [9.17, 15) is 4.79 Å². The number of hydrogen-bond donors (Lipinski definition) is 0. The van der Waals surface area contributed by atoms with Gasteiger partial charge in [0.25, 0.3) is 0 Å². The number of amides is 1. The Morgan fingerprint density at radius 2 is 1.92 bits per heavy atom. The van der Waals surface area contributed by atoms with Gasteiger partial charge in [0.2, 0.25) is 0 Å². The van der Waals surface area contributed by atoms with Gasteiger partial charge in [-0.1, -0.05) is 43.0 Å². The predicted molar refractivity (Wildman–Crippen MR) is 102 cm³/mol. The molecule has 0 spiro atoms. The lowest BCUT2D eigenvalue weighted by Gasteiger charge is -2.28. The molecule has 0 unspecified atom stereocenters. The van der Waals surface area contributed by atoms with Crippen LogP contribution in [0.3, 0.4) is 0 Å². The topological polar surface area (TPSA) is 42.4 Å². The van der Waals surface area contributed by atoms with Crippen LogP contribution in [0.15, 0.2) is 67.7 Å². The average molecular weight is 346 g/mol. The van der Waals surface area contributed by atoms with E-state index < -0.39 is 0 Å². The molecule has 4 nitrogen and oxygen atoms in total. The van der Waals surface area contributed by atoms with E-state index in [2.05, 4.69) is 35.8 Å². The molecule has 2 aliphatic heterocycles. The van der Waals surface area contributed by atoms with E-state index in [1.807, 2.05) is 35.5 Å². The second-order valence-corrected chi connectivity index (χ2v) is 6.77. The molecule has 1 aromatic carbocycles. The fourth-order valence-corrected chi connectivity index (χ4v) is 4.14. The van der Waals surface area contributed by atoms with Gasteiger partial charge in [-0.25, -0.2) is 4.79 Å². The van der Waals surface area contributed by atoms with Gasteiger partial charge in [-0.2, -0.15) is 0 Å². The fourth-order valence-electron chi connectivity index (χ4n) is 4.14. The van der Waals surface area contributed by atoms with Crippen molar-refractivity contribution in [3.63, 3.8) is 0 Å². The van der Waals surface area contributed by atoms with Gasteiger partial charge in [-0.3, -0.25) is 9.88 Å². The van der Waals surface area contributed by atoms with Gasteiger partial charge in [-0.15, -0.1) is 0 Å². The van der Waals surface area contributed by atoms with Crippen molar-refractivity contribution in [3.8, 4) is 11.1 Å². The highest BCUT2D eigenvalue weighted by molar-refractivity contribution is 5.79. The van der Waals surface area contributed by atoms with Gasteiger partial charge in [0.1, 0.15) is 0 Å². The Balaban J connectivity index is 1.69.